The summed E-state index contributed by atoms with van der Waals surface area (Å²) in [6, 6.07) is 17.8. The monoisotopic (exact) mass is 739 g/mol. The molecule has 0 fully saturated rings. The van der Waals surface area contributed by atoms with Gasteiger partial charge in [0, 0.05) is 16.5 Å². The maximum absolute atomic E-state index is 5.51. The van der Waals surface area contributed by atoms with Gasteiger partial charge in [-0.25, -0.2) is 0 Å². The topological polar surface area (TPSA) is 24.7 Å². The average Bonchev–Trinajstić information content (AvgIpc) is 3.14. The fourth-order valence-electron chi connectivity index (χ4n) is 6.57. The molecule has 0 aliphatic rings. The molecule has 0 radical (unpaired) electrons. The summed E-state index contributed by atoms with van der Waals surface area (Å²) in [5.74, 6) is 0. The molecular weight excluding hydrogens is 663 g/mol. The second kappa shape index (κ2) is 33.6. The van der Waals surface area contributed by atoms with Crippen molar-refractivity contribution in [2.45, 2.75) is 195 Å². The Morgan fingerprint density at radius 1 is 0.412 bits per heavy atom. The first-order valence-electron chi connectivity index (χ1n) is 21.3. The summed E-state index contributed by atoms with van der Waals surface area (Å²) in [5.41, 5.74) is 7.46. The molecule has 2 rings (SSSR count). The van der Waals surface area contributed by atoms with Crippen molar-refractivity contribution in [1.82, 2.24) is 0 Å². The molecule has 0 aliphatic carbocycles. The fourth-order valence-corrected chi connectivity index (χ4v) is 6.57. The van der Waals surface area contributed by atoms with Crippen LogP contribution in [-0.2, 0) is 29.3 Å². The molecule has 0 saturated heterocycles. The number of unbranched alkanes of at least 4 members (excludes halogenated alkanes) is 16. The fraction of sp³-hybridized carbons (Fsp3) is 0.625. The minimum Gasteiger partial charge on any atom is -0.251 e. The molecule has 0 bridgehead atoms. The molecule has 0 aliphatic heterocycles. The van der Waals surface area contributed by atoms with E-state index in [0.717, 1.165) is 56.3 Å². The van der Waals surface area contributed by atoms with Crippen LogP contribution in [0.3, 0.4) is 0 Å². The summed E-state index contributed by atoms with van der Waals surface area (Å²) < 4.78 is 0. The average molecular weight is 740 g/mol. The molecule has 0 atom stereocenters. The van der Waals surface area contributed by atoms with Gasteiger partial charge < -0.3 is 0 Å². The van der Waals surface area contributed by atoms with Gasteiger partial charge in [0.15, 0.2) is 0 Å². The van der Waals surface area contributed by atoms with E-state index in [0.29, 0.717) is 0 Å². The molecule has 51 heavy (non-hydrogen) atoms. The van der Waals surface area contributed by atoms with Gasteiger partial charge >= 0.3 is 0 Å². The molecule has 288 valence electrons. The molecule has 0 spiro atoms. The van der Waals surface area contributed by atoms with Crippen molar-refractivity contribution in [2.75, 3.05) is 0 Å². The van der Waals surface area contributed by atoms with E-state index >= 15 is 0 Å². The van der Waals surface area contributed by atoms with E-state index in [1.54, 1.807) is 0 Å². The summed E-state index contributed by atoms with van der Waals surface area (Å²) in [5, 5.41) is 0. The predicted octanol–water partition coefficient (Wildman–Crippen LogP) is 16.2. The summed E-state index contributed by atoms with van der Waals surface area (Å²) in [6.07, 6.45) is 41.6. The third kappa shape index (κ3) is 23.1. The van der Waals surface area contributed by atoms with Crippen molar-refractivity contribution >= 4 is 22.8 Å². The zero-order valence-corrected chi connectivity index (χ0v) is 34.5. The molecule has 0 saturated carbocycles. The van der Waals surface area contributed by atoms with Crippen LogP contribution in [0.1, 0.15) is 193 Å². The number of hydrogen-bond acceptors (Lipinski definition) is 2. The molecular formula is C48H76N2Ni. The SMILES string of the molecule is CCCCCCC=CCCCc1ccccc1N=C(CCCC)C(CCCCCCCC)=Nc1ccccc1CCCC=CCCCCCC.[Ni]. The summed E-state index contributed by atoms with van der Waals surface area (Å²) in [4.78, 5) is 11.0. The molecule has 3 heteroatoms. The Bertz CT molecular complexity index is 1220. The number of allylic oxidation sites excluding steroid dienone is 4. The Hall–Kier alpha value is -2.25. The number of hydrogen-bond donors (Lipinski definition) is 0. The Morgan fingerprint density at radius 3 is 1.22 bits per heavy atom. The van der Waals surface area contributed by atoms with Gasteiger partial charge in [-0.3, -0.25) is 9.98 Å². The van der Waals surface area contributed by atoms with Crippen LogP contribution >= 0.6 is 0 Å². The van der Waals surface area contributed by atoms with Crippen LogP contribution in [0.5, 0.6) is 0 Å². The van der Waals surface area contributed by atoms with Gasteiger partial charge in [0.2, 0.25) is 0 Å². The number of aliphatic imine (C=N–C) groups is 2. The van der Waals surface area contributed by atoms with E-state index in [-0.39, 0.29) is 16.5 Å². The van der Waals surface area contributed by atoms with Crippen LogP contribution in [0.2, 0.25) is 0 Å². The zero-order valence-electron chi connectivity index (χ0n) is 33.5. The zero-order chi connectivity index (χ0) is 35.7. The third-order valence-corrected chi connectivity index (χ3v) is 9.78. The van der Waals surface area contributed by atoms with E-state index in [2.05, 4.69) is 101 Å². The van der Waals surface area contributed by atoms with Crippen molar-refractivity contribution in [2.24, 2.45) is 9.98 Å². The van der Waals surface area contributed by atoms with Crippen molar-refractivity contribution in [3.63, 3.8) is 0 Å². The Kier molecular flexibility index (Phi) is 30.8. The quantitative estimate of drug-likeness (QED) is 0.0318. The van der Waals surface area contributed by atoms with E-state index < -0.39 is 0 Å². The standard InChI is InChI=1S/C48H76N2.Ni/c1-5-9-13-16-19-21-23-25-28-35-43-37-31-33-40-45(43)49-47(39-12-8-4)48(42-30-27-18-15-11-7-3)50-46-41-34-32-38-44(46)36-29-26-24-22-20-17-14-10-6-2;/h21-24,31-34,37-38,40-41H,5-20,25-30,35-36,39,42H2,1-4H3;. The Morgan fingerprint density at radius 2 is 0.765 bits per heavy atom. The molecule has 0 heterocycles. The van der Waals surface area contributed by atoms with E-state index in [9.17, 15) is 0 Å². The summed E-state index contributed by atoms with van der Waals surface area (Å²) >= 11 is 0. The van der Waals surface area contributed by atoms with Gasteiger partial charge in [0.25, 0.3) is 0 Å². The number of benzene rings is 2. The van der Waals surface area contributed by atoms with Crippen LogP contribution in [0.25, 0.3) is 0 Å². The van der Waals surface area contributed by atoms with Gasteiger partial charge in [-0.2, -0.15) is 0 Å². The van der Waals surface area contributed by atoms with Crippen LogP contribution in [0.4, 0.5) is 11.4 Å². The van der Waals surface area contributed by atoms with Crippen LogP contribution in [0.15, 0.2) is 82.8 Å². The van der Waals surface area contributed by atoms with Crippen LogP contribution < -0.4 is 0 Å². The molecule has 0 unspecified atom stereocenters. The van der Waals surface area contributed by atoms with Gasteiger partial charge in [-0.15, -0.1) is 0 Å². The number of para-hydroxylation sites is 2. The summed E-state index contributed by atoms with van der Waals surface area (Å²) in [6.45, 7) is 9.16. The van der Waals surface area contributed by atoms with Gasteiger partial charge in [-0.1, -0.05) is 165 Å². The molecule has 2 nitrogen and oxygen atoms in total. The Balaban J connectivity index is 0.0000130. The molecule has 0 amide bonds. The van der Waals surface area contributed by atoms with Gasteiger partial charge in [0.1, 0.15) is 0 Å². The second-order valence-electron chi connectivity index (χ2n) is 14.4. The maximum atomic E-state index is 5.51. The number of nitrogens with zero attached hydrogens (tertiary/aromatic N) is 2. The molecule has 0 N–H and O–H groups in total. The maximum Gasteiger partial charge on any atom is 0.0665 e. The van der Waals surface area contributed by atoms with E-state index in [4.69, 9.17) is 9.98 Å². The minimum atomic E-state index is 0. The van der Waals surface area contributed by atoms with Gasteiger partial charge in [0.05, 0.1) is 22.8 Å². The molecule has 2 aromatic rings. The predicted molar refractivity (Wildman–Crippen MR) is 226 cm³/mol. The molecule has 2 aromatic carbocycles. The first-order chi connectivity index (χ1) is 24.7. The van der Waals surface area contributed by atoms with Crippen LogP contribution in [0, 0.1) is 0 Å². The first kappa shape index (κ1) is 46.8. The van der Waals surface area contributed by atoms with Crippen molar-refractivity contribution in [1.29, 1.82) is 0 Å². The first-order valence-corrected chi connectivity index (χ1v) is 21.3. The van der Waals surface area contributed by atoms with Crippen molar-refractivity contribution < 1.29 is 16.5 Å². The normalized spacial score (nSPS) is 12.3. The largest absolute Gasteiger partial charge is 0.251 e. The number of rotatable bonds is 31. The van der Waals surface area contributed by atoms with E-state index in [1.165, 1.54) is 145 Å². The third-order valence-electron chi connectivity index (χ3n) is 9.78. The smallest absolute Gasteiger partial charge is 0.0665 e. The van der Waals surface area contributed by atoms with Crippen LogP contribution in [-0.4, -0.2) is 11.4 Å². The van der Waals surface area contributed by atoms with E-state index in [1.807, 2.05) is 0 Å². The van der Waals surface area contributed by atoms with Crippen molar-refractivity contribution in [3.8, 4) is 0 Å². The van der Waals surface area contributed by atoms with Crippen molar-refractivity contribution in [3.05, 3.63) is 84.0 Å². The minimum absolute atomic E-state index is 0. The number of aryl methyl sites for hydroxylation is 2. The second-order valence-corrected chi connectivity index (χ2v) is 14.4. The molecule has 0 aromatic heterocycles. The Labute approximate surface area is 326 Å². The van der Waals surface area contributed by atoms with Gasteiger partial charge in [-0.05, 0) is 113 Å². The summed E-state index contributed by atoms with van der Waals surface area (Å²) in [7, 11) is 0.